The Bertz CT molecular complexity index is 1770. The van der Waals surface area contributed by atoms with Crippen LogP contribution in [-0.2, 0) is 14.2 Å². The predicted molar refractivity (Wildman–Crippen MR) is 249 cm³/mol. The second-order valence-electron chi connectivity index (χ2n) is 20.1. The van der Waals surface area contributed by atoms with Gasteiger partial charge in [0.15, 0.2) is 18.9 Å². The van der Waals surface area contributed by atoms with E-state index in [1.165, 1.54) is 77.0 Å². The van der Waals surface area contributed by atoms with Crippen molar-refractivity contribution >= 4 is 18.2 Å². The number of rotatable bonds is 17. The summed E-state index contributed by atoms with van der Waals surface area (Å²) in [5, 5.41) is 0. The van der Waals surface area contributed by atoms with Gasteiger partial charge >= 0.3 is 0 Å². The van der Waals surface area contributed by atoms with Crippen molar-refractivity contribution in [2.24, 2.45) is 46.8 Å². The first kappa shape index (κ1) is 45.2. The van der Waals surface area contributed by atoms with Gasteiger partial charge in [-0.05, 0) is 198 Å². The van der Waals surface area contributed by atoms with Crippen LogP contribution in [0.15, 0.2) is 92.5 Å². The molecule has 3 unspecified atom stereocenters. The Kier molecular flexibility index (Phi) is 15.2. The quantitative estimate of drug-likeness (QED) is 0.126. The van der Waals surface area contributed by atoms with E-state index in [9.17, 15) is 0 Å². The molecule has 3 aromatic carbocycles. The largest absolute Gasteiger partial charge is 0.465 e. The summed E-state index contributed by atoms with van der Waals surface area (Å²) in [4.78, 5) is 0. The fourth-order valence-corrected chi connectivity index (χ4v) is 12.3. The van der Waals surface area contributed by atoms with Gasteiger partial charge in [0.2, 0.25) is 0 Å². The second kappa shape index (κ2) is 20.6. The first-order valence-corrected chi connectivity index (χ1v) is 23.5. The van der Waals surface area contributed by atoms with E-state index in [0.29, 0.717) is 17.9 Å². The van der Waals surface area contributed by atoms with Crippen LogP contribution < -0.4 is 14.2 Å². The van der Waals surface area contributed by atoms with E-state index in [1.54, 1.807) is 0 Å². The minimum Gasteiger partial charge on any atom is -0.465 e. The lowest BCUT2D eigenvalue weighted by atomic mass is 9.50. The van der Waals surface area contributed by atoms with Crippen LogP contribution in [-0.4, -0.2) is 37.7 Å². The van der Waals surface area contributed by atoms with Gasteiger partial charge in [0.05, 0.1) is 18.8 Å². The molecule has 0 saturated heterocycles. The SMILES string of the molecule is C=Cc1ccc(OC(C)OC23CC4CC(CC(C4)C2)C3)cc1.C=Cc1ccc(OC(C)OCC(C)C)cc1.C=Cc1ccc(OC(C)OCC23CC4CC(CC(C4)C2)C3)cc1. The molecule has 0 heterocycles. The molecule has 0 N–H and O–H groups in total. The van der Waals surface area contributed by atoms with Gasteiger partial charge in [-0.3, -0.25) is 0 Å². The molecule has 8 aliphatic carbocycles. The van der Waals surface area contributed by atoms with Crippen LogP contribution in [0.4, 0.5) is 0 Å². The maximum absolute atomic E-state index is 6.47. The van der Waals surface area contributed by atoms with Gasteiger partial charge in [-0.2, -0.15) is 0 Å². The van der Waals surface area contributed by atoms with Gasteiger partial charge in [-0.1, -0.05) is 88.2 Å². The summed E-state index contributed by atoms with van der Waals surface area (Å²) in [7, 11) is 0. The van der Waals surface area contributed by atoms with Gasteiger partial charge < -0.3 is 28.4 Å². The summed E-state index contributed by atoms with van der Waals surface area (Å²) in [5.74, 6) is 8.75. The third-order valence-corrected chi connectivity index (χ3v) is 14.1. The van der Waals surface area contributed by atoms with Crippen LogP contribution in [0, 0.1) is 46.8 Å². The highest BCUT2D eigenvalue weighted by molar-refractivity contribution is 5.49. The first-order chi connectivity index (χ1) is 29.4. The molecule has 0 spiro atoms. The van der Waals surface area contributed by atoms with Crippen LogP contribution >= 0.6 is 0 Å². The monoisotopic (exact) mass is 831 g/mol. The third kappa shape index (κ3) is 12.6. The third-order valence-electron chi connectivity index (χ3n) is 14.1. The predicted octanol–water partition coefficient (Wildman–Crippen LogP) is 14.1. The van der Waals surface area contributed by atoms with Crippen LogP contribution in [0.5, 0.6) is 17.2 Å². The molecule has 8 aliphatic rings. The van der Waals surface area contributed by atoms with Gasteiger partial charge in [0.1, 0.15) is 17.2 Å². The van der Waals surface area contributed by atoms with Crippen molar-refractivity contribution in [3.63, 3.8) is 0 Å². The summed E-state index contributed by atoms with van der Waals surface area (Å²) >= 11 is 0. The smallest absolute Gasteiger partial charge is 0.197 e. The highest BCUT2D eigenvalue weighted by Gasteiger charge is 2.53. The lowest BCUT2D eigenvalue weighted by Crippen LogP contribution is -2.53. The number of ether oxygens (including phenoxy) is 6. The fraction of sp³-hybridized carbons (Fsp3) is 0.564. The van der Waals surface area contributed by atoms with Gasteiger partial charge in [0, 0.05) is 0 Å². The number of benzene rings is 3. The summed E-state index contributed by atoms with van der Waals surface area (Å²) in [6.45, 7) is 23.0. The molecular weight excluding hydrogens is 757 g/mol. The molecule has 6 nitrogen and oxygen atoms in total. The molecule has 8 bridgehead atoms. The fourth-order valence-electron chi connectivity index (χ4n) is 12.3. The topological polar surface area (TPSA) is 55.4 Å². The molecule has 8 fully saturated rings. The summed E-state index contributed by atoms with van der Waals surface area (Å²) in [6, 6.07) is 23.9. The normalized spacial score (nSPS) is 30.2. The maximum atomic E-state index is 6.47. The molecule has 3 atom stereocenters. The van der Waals surface area contributed by atoms with E-state index in [-0.39, 0.29) is 24.5 Å². The van der Waals surface area contributed by atoms with Gasteiger partial charge in [-0.25, -0.2) is 0 Å². The van der Waals surface area contributed by atoms with E-state index in [0.717, 1.165) is 76.1 Å². The van der Waals surface area contributed by atoms with Gasteiger partial charge in [-0.15, -0.1) is 0 Å². The molecule has 0 aromatic heterocycles. The Hall–Kier alpha value is -3.84. The lowest BCUT2D eigenvalue weighted by Gasteiger charge is -2.56. The number of hydrogen-bond donors (Lipinski definition) is 0. The highest BCUT2D eigenvalue weighted by Crippen LogP contribution is 2.60. The lowest BCUT2D eigenvalue weighted by molar-refractivity contribution is -0.225. The van der Waals surface area contributed by atoms with E-state index in [4.69, 9.17) is 28.4 Å². The molecule has 61 heavy (non-hydrogen) atoms. The van der Waals surface area contributed by atoms with Crippen molar-refractivity contribution < 1.29 is 28.4 Å². The van der Waals surface area contributed by atoms with E-state index < -0.39 is 0 Å². The molecule has 11 rings (SSSR count). The summed E-state index contributed by atoms with van der Waals surface area (Å²) in [6.07, 6.45) is 21.6. The van der Waals surface area contributed by atoms with Crippen molar-refractivity contribution in [1.82, 2.24) is 0 Å². The standard InChI is InChI=1S/C21H28O2.C20H26O2.C14H20O2/c1-3-16-4-6-20(7-5-16)23-15(2)22-14-21-11-17-8-18(12-21)10-19(9-17)13-21;1-3-15-4-6-19(7-5-15)21-14(2)22-20-11-16-8-17(12-20)10-18(9-16)13-20;1-5-13-6-8-14(9-7-13)16-12(4)15-10-11(2)3/h3-7,15,17-19H,1,8-14H2,2H3;3-7,14,16-18H,1,8-13H2,2H3;5-9,11-12H,1,10H2,2-4H3. The number of hydrogen-bond acceptors (Lipinski definition) is 6. The Labute approximate surface area is 368 Å². The van der Waals surface area contributed by atoms with E-state index in [2.05, 4.69) is 33.6 Å². The zero-order valence-electron chi connectivity index (χ0n) is 37.9. The van der Waals surface area contributed by atoms with Gasteiger partial charge in [0.25, 0.3) is 0 Å². The molecule has 3 aromatic rings. The molecule has 0 aliphatic heterocycles. The van der Waals surface area contributed by atoms with Crippen LogP contribution in [0.1, 0.15) is 128 Å². The molecular formula is C55H74O6. The Balaban J connectivity index is 0.000000141. The van der Waals surface area contributed by atoms with E-state index in [1.807, 2.05) is 112 Å². The second-order valence-corrected chi connectivity index (χ2v) is 20.1. The Morgan fingerprint density at radius 2 is 0.803 bits per heavy atom. The zero-order valence-corrected chi connectivity index (χ0v) is 37.9. The van der Waals surface area contributed by atoms with Crippen molar-refractivity contribution in [3.8, 4) is 17.2 Å². The van der Waals surface area contributed by atoms with Crippen LogP contribution in [0.3, 0.4) is 0 Å². The van der Waals surface area contributed by atoms with E-state index >= 15 is 0 Å². The highest BCUT2D eigenvalue weighted by atomic mass is 16.7. The average Bonchev–Trinajstić information content (AvgIpc) is 3.22. The molecule has 6 heteroatoms. The maximum Gasteiger partial charge on any atom is 0.197 e. The van der Waals surface area contributed by atoms with Crippen molar-refractivity contribution in [2.75, 3.05) is 13.2 Å². The first-order valence-electron chi connectivity index (χ1n) is 23.5. The summed E-state index contributed by atoms with van der Waals surface area (Å²) in [5.41, 5.74) is 3.87. The van der Waals surface area contributed by atoms with Crippen LogP contribution in [0.25, 0.3) is 18.2 Å². The Morgan fingerprint density at radius 3 is 1.15 bits per heavy atom. The average molecular weight is 831 g/mol. The molecule has 0 amide bonds. The zero-order chi connectivity index (χ0) is 43.0. The molecule has 8 saturated carbocycles. The van der Waals surface area contributed by atoms with Crippen molar-refractivity contribution in [1.29, 1.82) is 0 Å². The molecule has 0 radical (unpaired) electrons. The molecule has 330 valence electrons. The van der Waals surface area contributed by atoms with Crippen molar-refractivity contribution in [3.05, 3.63) is 109 Å². The minimum atomic E-state index is -0.211. The van der Waals surface area contributed by atoms with Crippen molar-refractivity contribution in [2.45, 2.75) is 136 Å². The van der Waals surface area contributed by atoms with Crippen LogP contribution in [0.2, 0.25) is 0 Å². The Morgan fingerprint density at radius 1 is 0.475 bits per heavy atom. The summed E-state index contributed by atoms with van der Waals surface area (Å²) < 4.78 is 35.7. The minimum absolute atomic E-state index is 0.106.